The molecule has 0 spiro atoms. The van der Waals surface area contributed by atoms with Crippen molar-refractivity contribution in [2.75, 3.05) is 6.61 Å². The Morgan fingerprint density at radius 3 is 2.17 bits per heavy atom. The van der Waals surface area contributed by atoms with Gasteiger partial charge in [0.25, 0.3) is 0 Å². The van der Waals surface area contributed by atoms with Gasteiger partial charge in [-0.2, -0.15) is 0 Å². The number of ketones is 2. The van der Waals surface area contributed by atoms with Crippen molar-refractivity contribution in [3.63, 3.8) is 0 Å². The van der Waals surface area contributed by atoms with Gasteiger partial charge in [-0.1, -0.05) is 69.6 Å². The van der Waals surface area contributed by atoms with E-state index in [0.29, 0.717) is 30.6 Å². The van der Waals surface area contributed by atoms with Gasteiger partial charge in [-0.05, 0) is 64.7 Å². The third-order valence-electron chi connectivity index (χ3n) is 7.59. The van der Waals surface area contributed by atoms with E-state index in [1.807, 2.05) is 27.7 Å². The van der Waals surface area contributed by atoms with Gasteiger partial charge in [-0.25, -0.2) is 0 Å². The Labute approximate surface area is 249 Å². The van der Waals surface area contributed by atoms with Crippen LogP contribution in [0, 0.1) is 10.8 Å². The van der Waals surface area contributed by atoms with E-state index in [9.17, 15) is 14.4 Å². The first-order valence-electron chi connectivity index (χ1n) is 13.7. The number of hydrogen-bond donors (Lipinski definition) is 0. The molecule has 0 fully saturated rings. The second-order valence-corrected chi connectivity index (χ2v) is 11.3. The monoisotopic (exact) mass is 594 g/mol. The van der Waals surface area contributed by atoms with Gasteiger partial charge in [0.15, 0.2) is 17.7 Å². The van der Waals surface area contributed by atoms with E-state index in [1.165, 1.54) is 0 Å². The Kier molecular flexibility index (Phi) is 13.7. The van der Waals surface area contributed by atoms with Gasteiger partial charge in [-0.3, -0.25) is 14.4 Å². The highest BCUT2D eigenvalue weighted by molar-refractivity contribution is 6.45. The Morgan fingerprint density at radius 1 is 1.02 bits per heavy atom. The van der Waals surface area contributed by atoms with Gasteiger partial charge in [0.1, 0.15) is 34.7 Å². The third-order valence-corrected chi connectivity index (χ3v) is 8.45. The summed E-state index contributed by atoms with van der Waals surface area (Å²) >= 11 is 12.8. The quantitative estimate of drug-likeness (QED) is 0.0555. The summed E-state index contributed by atoms with van der Waals surface area (Å²) in [6.45, 7) is 24.5. The molecule has 0 aliphatic heterocycles. The Bertz CT molecular complexity index is 1130. The van der Waals surface area contributed by atoms with Crippen LogP contribution in [0.5, 0.6) is 5.75 Å². The van der Waals surface area contributed by atoms with Crippen molar-refractivity contribution in [3.05, 3.63) is 64.9 Å². The minimum absolute atomic E-state index is 0.0450. The lowest BCUT2D eigenvalue weighted by atomic mass is 9.81. The number of halogens is 2. The van der Waals surface area contributed by atoms with Crippen LogP contribution in [0.15, 0.2) is 49.3 Å². The average Bonchev–Trinajstić information content (AvgIpc) is 2.94. The number of carbonyl (C=O) groups is 3. The van der Waals surface area contributed by atoms with Crippen LogP contribution in [0.3, 0.4) is 0 Å². The Balaban J connectivity index is 3.02. The van der Waals surface area contributed by atoms with E-state index in [1.54, 1.807) is 39.0 Å². The van der Waals surface area contributed by atoms with E-state index in [2.05, 4.69) is 19.7 Å². The lowest BCUT2D eigenvalue weighted by Gasteiger charge is -2.37. The maximum atomic E-state index is 13.2. The minimum Gasteiger partial charge on any atom is -0.493 e. The maximum absolute atomic E-state index is 13.2. The van der Waals surface area contributed by atoms with Crippen LogP contribution in [0.25, 0.3) is 0 Å². The summed E-state index contributed by atoms with van der Waals surface area (Å²) in [5, 5.41) is 0.189. The fourth-order valence-corrected chi connectivity index (χ4v) is 4.10. The van der Waals surface area contributed by atoms with E-state index < -0.39 is 29.0 Å². The van der Waals surface area contributed by atoms with Crippen LogP contribution < -0.4 is 4.74 Å². The first-order chi connectivity index (χ1) is 18.6. The van der Waals surface area contributed by atoms with E-state index >= 15 is 0 Å². The van der Waals surface area contributed by atoms with Crippen molar-refractivity contribution < 1.29 is 28.6 Å². The molecule has 8 heteroatoms. The van der Waals surface area contributed by atoms with Gasteiger partial charge in [0.2, 0.25) is 0 Å². The lowest BCUT2D eigenvalue weighted by Crippen LogP contribution is -2.43. The zero-order valence-electron chi connectivity index (χ0n) is 25.0. The molecule has 40 heavy (non-hydrogen) atoms. The molecule has 4 atom stereocenters. The number of ether oxygens (including phenoxy) is 3. The standard InChI is InChI=1S/C32H44Cl2O6/c1-11-15-16-25(35)21(6)39-30(37)32(10,14-4)23(8)40-22(7)31(9,13-3)19-38-26-18-17-24(27(33)28(26)34)29(36)20(5)12-2/h13,17-18,21,23H,3,5,7,11-12,14-16,19H2,1-2,4,6,8-10H3/t21-,23-,31?,32?/m1/s1. The second-order valence-electron chi connectivity index (χ2n) is 10.5. The maximum Gasteiger partial charge on any atom is 0.316 e. The number of benzene rings is 1. The SMILES string of the molecule is C=CC(C)(COc1ccc(C(=O)C(=C)CC)c(Cl)c1Cl)C(=C)O[C@H](C)C(C)(CC)C(=O)O[C@H](C)C(=O)CCCC. The van der Waals surface area contributed by atoms with Crippen molar-refractivity contribution in [1.29, 1.82) is 0 Å². The number of rotatable bonds is 18. The molecule has 0 N–H and O–H groups in total. The lowest BCUT2D eigenvalue weighted by molar-refractivity contribution is -0.171. The molecule has 1 aromatic rings. The molecule has 0 heterocycles. The van der Waals surface area contributed by atoms with Gasteiger partial charge in [-0.15, -0.1) is 6.58 Å². The van der Waals surface area contributed by atoms with Crippen LogP contribution in [-0.2, 0) is 19.1 Å². The summed E-state index contributed by atoms with van der Waals surface area (Å²) in [5.74, 6) is -0.281. The molecule has 222 valence electrons. The molecule has 0 aliphatic carbocycles. The Hall–Kier alpha value is -2.57. The van der Waals surface area contributed by atoms with Crippen LogP contribution in [0.2, 0.25) is 10.0 Å². The number of Topliss-reactive ketones (excluding diaryl/α,β-unsaturated/α-hetero) is 2. The summed E-state index contributed by atoms with van der Waals surface area (Å²) in [4.78, 5) is 38.0. The number of hydrogen-bond acceptors (Lipinski definition) is 6. The molecule has 2 unspecified atom stereocenters. The Morgan fingerprint density at radius 2 is 1.65 bits per heavy atom. The molecule has 1 aromatic carbocycles. The second kappa shape index (κ2) is 15.4. The fraction of sp³-hybridized carbons (Fsp3) is 0.531. The van der Waals surface area contributed by atoms with E-state index in [0.717, 1.165) is 12.8 Å². The van der Waals surface area contributed by atoms with Crippen molar-refractivity contribution in [2.24, 2.45) is 10.8 Å². The van der Waals surface area contributed by atoms with Gasteiger partial charge >= 0.3 is 5.97 Å². The van der Waals surface area contributed by atoms with Crippen molar-refractivity contribution in [1.82, 2.24) is 0 Å². The highest BCUT2D eigenvalue weighted by Crippen LogP contribution is 2.39. The molecule has 0 aromatic heterocycles. The highest BCUT2D eigenvalue weighted by Gasteiger charge is 2.43. The topological polar surface area (TPSA) is 78.9 Å². The van der Waals surface area contributed by atoms with Crippen molar-refractivity contribution in [2.45, 2.75) is 92.8 Å². The number of allylic oxidation sites excluding steroid dienone is 1. The van der Waals surface area contributed by atoms with Crippen LogP contribution in [0.1, 0.15) is 90.9 Å². The molecule has 6 nitrogen and oxygen atoms in total. The molecule has 0 saturated heterocycles. The summed E-state index contributed by atoms with van der Waals surface area (Å²) in [6, 6.07) is 3.13. The largest absolute Gasteiger partial charge is 0.493 e. The molecule has 0 saturated carbocycles. The zero-order valence-corrected chi connectivity index (χ0v) is 26.5. The first kappa shape index (κ1) is 35.5. The summed E-state index contributed by atoms with van der Waals surface area (Å²) in [6.07, 6.45) is 3.09. The summed E-state index contributed by atoms with van der Waals surface area (Å²) < 4.78 is 17.7. The van der Waals surface area contributed by atoms with Gasteiger partial charge in [0, 0.05) is 12.0 Å². The molecular weight excluding hydrogens is 551 g/mol. The van der Waals surface area contributed by atoms with E-state index in [-0.39, 0.29) is 39.5 Å². The van der Waals surface area contributed by atoms with Gasteiger partial charge < -0.3 is 14.2 Å². The molecule has 0 amide bonds. The number of carbonyl (C=O) groups excluding carboxylic acids is 3. The molecule has 1 rings (SSSR count). The van der Waals surface area contributed by atoms with Crippen LogP contribution in [-0.4, -0.2) is 36.4 Å². The number of unbranched alkanes of at least 4 members (excludes halogenated alkanes) is 1. The minimum atomic E-state index is -1.03. The summed E-state index contributed by atoms with van der Waals surface area (Å²) in [7, 11) is 0. The van der Waals surface area contributed by atoms with Crippen molar-refractivity contribution >= 4 is 40.7 Å². The smallest absolute Gasteiger partial charge is 0.316 e. The summed E-state index contributed by atoms with van der Waals surface area (Å²) in [5.41, 5.74) is -1.23. The molecule has 0 radical (unpaired) electrons. The number of esters is 1. The van der Waals surface area contributed by atoms with Crippen LogP contribution in [0.4, 0.5) is 0 Å². The zero-order chi connectivity index (χ0) is 30.8. The normalized spacial score (nSPS) is 15.5. The predicted octanol–water partition coefficient (Wildman–Crippen LogP) is 8.74. The fourth-order valence-electron chi connectivity index (χ4n) is 3.64. The van der Waals surface area contributed by atoms with Crippen LogP contribution >= 0.6 is 23.2 Å². The molecule has 0 bridgehead atoms. The average molecular weight is 596 g/mol. The first-order valence-corrected chi connectivity index (χ1v) is 14.5. The molecular formula is C32H44Cl2O6. The van der Waals surface area contributed by atoms with Crippen molar-refractivity contribution in [3.8, 4) is 5.75 Å². The van der Waals surface area contributed by atoms with Gasteiger partial charge in [0.05, 0.1) is 10.4 Å². The molecule has 0 aliphatic rings. The van der Waals surface area contributed by atoms with E-state index in [4.69, 9.17) is 37.4 Å². The predicted molar refractivity (Wildman–Crippen MR) is 162 cm³/mol. The highest BCUT2D eigenvalue weighted by atomic mass is 35.5. The third kappa shape index (κ3) is 8.47.